The van der Waals surface area contributed by atoms with Gasteiger partial charge < -0.3 is 10.2 Å². The topological polar surface area (TPSA) is 109 Å². The van der Waals surface area contributed by atoms with Crippen LogP contribution in [-0.4, -0.2) is 53.4 Å². The van der Waals surface area contributed by atoms with E-state index in [4.69, 9.17) is 0 Å². The van der Waals surface area contributed by atoms with Crippen LogP contribution in [0.2, 0.25) is 0 Å². The molecule has 1 aliphatic rings. The number of nitro benzene ring substituents is 1. The standard InChI is InChI=1S/C21H18F3N5O4S/c22-21(23,24)13-10-15-18(16(11-13)29(32)33)34-20(26-19(15)31)28-8-6-27(7-9-28)12-17(30)25-14-4-2-1-3-5-14/h1-5,10-11H,6-9,12H2,(H,25,30). The molecule has 2 aromatic carbocycles. The van der Waals surface area contributed by atoms with Crippen molar-refractivity contribution in [3.8, 4) is 0 Å². The van der Waals surface area contributed by atoms with Crippen molar-refractivity contribution in [2.45, 2.75) is 6.18 Å². The average Bonchev–Trinajstić information content (AvgIpc) is 2.78. The quantitative estimate of drug-likeness (QED) is 0.429. The number of halogens is 3. The van der Waals surface area contributed by atoms with Crippen molar-refractivity contribution in [2.75, 3.05) is 42.9 Å². The van der Waals surface area contributed by atoms with Gasteiger partial charge in [-0.2, -0.15) is 18.2 Å². The molecule has 1 N–H and O–H groups in total. The van der Waals surface area contributed by atoms with Crippen LogP contribution in [-0.2, 0) is 11.0 Å². The Balaban J connectivity index is 1.50. The van der Waals surface area contributed by atoms with Gasteiger partial charge >= 0.3 is 6.18 Å². The third-order valence-corrected chi connectivity index (χ3v) is 6.45. The van der Waals surface area contributed by atoms with Gasteiger partial charge in [-0.3, -0.25) is 24.6 Å². The number of piperazine rings is 1. The number of nitrogens with zero attached hydrogens (tertiary/aromatic N) is 4. The Morgan fingerprint density at radius 3 is 2.44 bits per heavy atom. The van der Waals surface area contributed by atoms with Crippen LogP contribution >= 0.6 is 11.3 Å². The normalized spacial score (nSPS) is 14.9. The van der Waals surface area contributed by atoms with Crippen LogP contribution in [0.4, 0.5) is 29.7 Å². The first-order chi connectivity index (χ1) is 16.1. The second-order valence-corrected chi connectivity index (χ2v) is 8.58. The van der Waals surface area contributed by atoms with E-state index in [0.717, 1.165) is 11.3 Å². The number of aromatic nitrogens is 1. The van der Waals surface area contributed by atoms with E-state index in [0.29, 0.717) is 44.0 Å². The summed E-state index contributed by atoms with van der Waals surface area (Å²) in [7, 11) is 0. The maximum atomic E-state index is 13.1. The first-order valence-corrected chi connectivity index (χ1v) is 11.0. The molecule has 0 saturated carbocycles. The number of anilines is 2. The molecule has 0 unspecified atom stereocenters. The lowest BCUT2D eigenvalue weighted by Gasteiger charge is -2.34. The van der Waals surface area contributed by atoms with Gasteiger partial charge in [0.15, 0.2) is 5.13 Å². The minimum absolute atomic E-state index is 0.155. The van der Waals surface area contributed by atoms with Crippen molar-refractivity contribution < 1.29 is 22.9 Å². The molecule has 2 heterocycles. The van der Waals surface area contributed by atoms with Gasteiger partial charge in [0.2, 0.25) is 5.91 Å². The number of rotatable bonds is 5. The number of para-hydroxylation sites is 1. The molecule has 1 amide bonds. The highest BCUT2D eigenvalue weighted by Gasteiger charge is 2.34. The van der Waals surface area contributed by atoms with E-state index in [1.807, 2.05) is 23.1 Å². The monoisotopic (exact) mass is 493 g/mol. The van der Waals surface area contributed by atoms with Crippen LogP contribution in [0.5, 0.6) is 0 Å². The van der Waals surface area contributed by atoms with Crippen LogP contribution in [0.25, 0.3) is 10.1 Å². The maximum absolute atomic E-state index is 13.1. The maximum Gasteiger partial charge on any atom is 0.416 e. The van der Waals surface area contributed by atoms with E-state index in [-0.39, 0.29) is 22.3 Å². The number of non-ortho nitro benzene ring substituents is 1. The second-order valence-electron chi connectivity index (χ2n) is 7.61. The van der Waals surface area contributed by atoms with Crippen LogP contribution in [0.15, 0.2) is 47.3 Å². The molecule has 1 aromatic heterocycles. The highest BCUT2D eigenvalue weighted by Crippen LogP contribution is 2.38. The summed E-state index contributed by atoms with van der Waals surface area (Å²) in [5, 5.41) is 14.0. The number of hydrogen-bond donors (Lipinski definition) is 1. The number of hydrogen-bond acceptors (Lipinski definition) is 8. The van der Waals surface area contributed by atoms with Crippen LogP contribution in [0.3, 0.4) is 0 Å². The number of benzene rings is 2. The van der Waals surface area contributed by atoms with Crippen LogP contribution in [0, 0.1) is 10.1 Å². The van der Waals surface area contributed by atoms with Gasteiger partial charge in [-0.1, -0.05) is 29.5 Å². The predicted molar refractivity (Wildman–Crippen MR) is 121 cm³/mol. The molecule has 13 heteroatoms. The Hall–Kier alpha value is -3.58. The summed E-state index contributed by atoms with van der Waals surface area (Å²) >= 11 is 0.807. The van der Waals surface area contributed by atoms with Crippen LogP contribution < -0.4 is 15.8 Å². The number of carbonyl (C=O) groups is 1. The molecule has 0 bridgehead atoms. The molecule has 34 heavy (non-hydrogen) atoms. The van der Waals surface area contributed by atoms with E-state index in [1.165, 1.54) is 0 Å². The average molecular weight is 493 g/mol. The molecular weight excluding hydrogens is 475 g/mol. The molecule has 3 aromatic rings. The zero-order valence-electron chi connectivity index (χ0n) is 17.5. The molecule has 0 atom stereocenters. The van der Waals surface area contributed by atoms with E-state index in [1.54, 1.807) is 17.0 Å². The smallest absolute Gasteiger partial charge is 0.345 e. The fourth-order valence-corrected chi connectivity index (χ4v) is 4.71. The lowest BCUT2D eigenvalue weighted by molar-refractivity contribution is -0.383. The molecular formula is C21H18F3N5O4S. The third-order valence-electron chi connectivity index (χ3n) is 5.28. The highest BCUT2D eigenvalue weighted by atomic mass is 32.1. The van der Waals surface area contributed by atoms with Crippen LogP contribution in [0.1, 0.15) is 5.56 Å². The van der Waals surface area contributed by atoms with Gasteiger partial charge in [0.25, 0.3) is 11.2 Å². The predicted octanol–water partition coefficient (Wildman–Crippen LogP) is 3.34. The number of carbonyl (C=O) groups excluding carboxylic acids is 1. The first kappa shape index (κ1) is 23.6. The summed E-state index contributed by atoms with van der Waals surface area (Å²) in [6.45, 7) is 1.88. The van der Waals surface area contributed by atoms with Crippen molar-refractivity contribution in [3.05, 3.63) is 68.5 Å². The molecule has 0 radical (unpaired) electrons. The third kappa shape index (κ3) is 5.15. The van der Waals surface area contributed by atoms with Crippen molar-refractivity contribution in [2.24, 2.45) is 0 Å². The Kier molecular flexibility index (Phi) is 6.48. The van der Waals surface area contributed by atoms with E-state index in [9.17, 15) is 32.9 Å². The number of nitro groups is 1. The molecule has 1 saturated heterocycles. The molecule has 178 valence electrons. The second kappa shape index (κ2) is 9.35. The molecule has 1 fully saturated rings. The van der Waals surface area contributed by atoms with Gasteiger partial charge in [-0.05, 0) is 18.2 Å². The summed E-state index contributed by atoms with van der Waals surface area (Å²) in [6.07, 6.45) is -4.84. The van der Waals surface area contributed by atoms with Gasteiger partial charge in [0.05, 0.1) is 22.4 Å². The highest BCUT2D eigenvalue weighted by molar-refractivity contribution is 7.22. The summed E-state index contributed by atoms with van der Waals surface area (Å²) in [4.78, 5) is 42.8. The van der Waals surface area contributed by atoms with Gasteiger partial charge in [-0.25, -0.2) is 0 Å². The number of nitrogens with one attached hydrogen (secondary N) is 1. The number of amides is 1. The summed E-state index contributed by atoms with van der Waals surface area (Å²) in [5.74, 6) is -0.177. The molecule has 9 nitrogen and oxygen atoms in total. The summed E-state index contributed by atoms with van der Waals surface area (Å²) in [5.41, 5.74) is -2.33. The summed E-state index contributed by atoms with van der Waals surface area (Å²) in [6, 6.07) is 10.1. The van der Waals surface area contributed by atoms with E-state index < -0.39 is 33.3 Å². The Morgan fingerprint density at radius 1 is 1.15 bits per heavy atom. The fraction of sp³-hybridized carbons (Fsp3) is 0.286. The minimum atomic E-state index is -4.84. The Bertz CT molecular complexity index is 1290. The zero-order valence-corrected chi connectivity index (χ0v) is 18.4. The molecule has 0 spiro atoms. The minimum Gasteiger partial charge on any atom is -0.345 e. The SMILES string of the molecule is O=C(CN1CCN(c2nc(=O)c3cc(C(F)(F)F)cc([N+](=O)[O-])c3s2)CC1)Nc1ccccc1. The number of alkyl halides is 3. The van der Waals surface area contributed by atoms with Gasteiger partial charge in [0, 0.05) is 37.9 Å². The van der Waals surface area contributed by atoms with Crippen molar-refractivity contribution in [1.29, 1.82) is 0 Å². The van der Waals surface area contributed by atoms with Crippen molar-refractivity contribution in [1.82, 2.24) is 9.88 Å². The van der Waals surface area contributed by atoms with E-state index in [2.05, 4.69) is 10.3 Å². The Morgan fingerprint density at radius 2 is 1.82 bits per heavy atom. The van der Waals surface area contributed by atoms with Crippen molar-refractivity contribution in [3.63, 3.8) is 0 Å². The Labute approximate surface area is 194 Å². The zero-order chi connectivity index (χ0) is 24.5. The van der Waals surface area contributed by atoms with Gasteiger partial charge in [0.1, 0.15) is 4.70 Å². The number of fused-ring (bicyclic) bond motifs is 1. The fourth-order valence-electron chi connectivity index (χ4n) is 3.60. The molecule has 0 aliphatic carbocycles. The largest absolute Gasteiger partial charge is 0.416 e. The molecule has 4 rings (SSSR count). The summed E-state index contributed by atoms with van der Waals surface area (Å²) < 4.78 is 39.2. The van der Waals surface area contributed by atoms with Crippen molar-refractivity contribution >= 4 is 43.8 Å². The molecule has 1 aliphatic heterocycles. The van der Waals surface area contributed by atoms with Gasteiger partial charge in [-0.15, -0.1) is 0 Å². The lowest BCUT2D eigenvalue weighted by Crippen LogP contribution is -2.49. The first-order valence-electron chi connectivity index (χ1n) is 10.1. The van der Waals surface area contributed by atoms with E-state index >= 15 is 0 Å². The lowest BCUT2D eigenvalue weighted by atomic mass is 10.1.